The normalized spacial score (nSPS) is 18.3. The van der Waals surface area contributed by atoms with E-state index in [1.165, 1.54) is 0 Å². The van der Waals surface area contributed by atoms with Gasteiger partial charge in [0.15, 0.2) is 0 Å². The lowest BCUT2D eigenvalue weighted by Gasteiger charge is -2.31. The monoisotopic (exact) mass is 474 g/mol. The molecule has 5 rings (SSSR count). The van der Waals surface area contributed by atoms with Gasteiger partial charge < -0.3 is 19.9 Å². The van der Waals surface area contributed by atoms with Gasteiger partial charge in [0, 0.05) is 49.2 Å². The predicted molar refractivity (Wildman–Crippen MR) is 137 cm³/mol. The van der Waals surface area contributed by atoms with Crippen LogP contribution in [0.4, 0.5) is 0 Å². The number of ether oxygens (including phenoxy) is 1. The molecule has 0 bridgehead atoms. The Bertz CT molecular complexity index is 1200. The number of nitrogens with zero attached hydrogens (tertiary/aromatic N) is 2. The van der Waals surface area contributed by atoms with Crippen LogP contribution in [-0.2, 0) is 9.53 Å². The van der Waals surface area contributed by atoms with Gasteiger partial charge in [-0.3, -0.25) is 14.5 Å². The molecule has 2 aliphatic rings. The van der Waals surface area contributed by atoms with Gasteiger partial charge in [-0.05, 0) is 23.6 Å². The van der Waals surface area contributed by atoms with Gasteiger partial charge in [0.2, 0.25) is 5.91 Å². The summed E-state index contributed by atoms with van der Waals surface area (Å²) >= 11 is 0. The Hall–Kier alpha value is -3.16. The summed E-state index contributed by atoms with van der Waals surface area (Å²) in [5, 5.41) is 4.14. The molecule has 2 N–H and O–H groups in total. The zero-order chi connectivity index (χ0) is 24.2. The number of H-pyrrole nitrogens is 1. The minimum atomic E-state index is -0.667. The van der Waals surface area contributed by atoms with E-state index in [1.54, 1.807) is 4.90 Å². The molecule has 0 saturated carbocycles. The number of rotatable bonds is 8. The van der Waals surface area contributed by atoms with Crippen molar-refractivity contribution in [2.75, 3.05) is 45.9 Å². The first-order valence-electron chi connectivity index (χ1n) is 12.8. The smallest absolute Gasteiger partial charge is 0.271 e. The molecule has 1 saturated heterocycles. The molecule has 2 aliphatic heterocycles. The van der Waals surface area contributed by atoms with Crippen molar-refractivity contribution in [3.05, 3.63) is 59.8 Å². The standard InChI is InChI=1S/C28H34N4O3/c1-2-3-8-14-32-26(27(33)29-13-15-31-16-18-35-19-17-31)21-10-5-4-9-20(21)24-22-11-6-7-12-23(22)30-25(24)28(32)34/h4-7,9-12,26,30H,2-3,8,13-19H2,1H3,(H,29,33). The Morgan fingerprint density at radius 2 is 1.83 bits per heavy atom. The molecule has 35 heavy (non-hydrogen) atoms. The first-order valence-corrected chi connectivity index (χ1v) is 12.8. The van der Waals surface area contributed by atoms with Crippen molar-refractivity contribution in [3.63, 3.8) is 0 Å². The number of fused-ring (bicyclic) bond motifs is 5. The summed E-state index contributed by atoms with van der Waals surface area (Å²) in [5.74, 6) is -0.234. The van der Waals surface area contributed by atoms with Crippen molar-refractivity contribution in [2.45, 2.75) is 32.2 Å². The lowest BCUT2D eigenvalue weighted by molar-refractivity contribution is -0.126. The fourth-order valence-corrected chi connectivity index (χ4v) is 5.28. The lowest BCUT2D eigenvalue weighted by Crippen LogP contribution is -2.46. The third kappa shape index (κ3) is 4.70. The molecule has 3 aromatic rings. The van der Waals surface area contributed by atoms with Gasteiger partial charge in [0.05, 0.1) is 13.2 Å². The Morgan fingerprint density at radius 3 is 2.66 bits per heavy atom. The average molecular weight is 475 g/mol. The number of nitrogens with one attached hydrogen (secondary N) is 2. The third-order valence-electron chi connectivity index (χ3n) is 7.10. The third-order valence-corrected chi connectivity index (χ3v) is 7.10. The fraction of sp³-hybridized carbons (Fsp3) is 0.429. The molecule has 0 aliphatic carbocycles. The molecular weight excluding hydrogens is 440 g/mol. The SMILES string of the molecule is CCCCCN1C(=O)c2[nH]c3ccccc3c2-c2ccccc2C1C(=O)NCCN1CCOCC1. The number of morpholine rings is 1. The largest absolute Gasteiger partial charge is 0.379 e. The molecule has 7 heteroatoms. The van der Waals surface area contributed by atoms with Crippen LogP contribution in [0.5, 0.6) is 0 Å². The van der Waals surface area contributed by atoms with E-state index in [1.807, 2.05) is 48.5 Å². The Labute approximate surface area is 206 Å². The van der Waals surface area contributed by atoms with Crippen molar-refractivity contribution < 1.29 is 14.3 Å². The van der Waals surface area contributed by atoms with Crippen LogP contribution in [0.2, 0.25) is 0 Å². The highest BCUT2D eigenvalue weighted by Gasteiger charge is 2.39. The van der Waals surface area contributed by atoms with Crippen molar-refractivity contribution >= 4 is 22.7 Å². The van der Waals surface area contributed by atoms with E-state index in [2.05, 4.69) is 22.1 Å². The summed E-state index contributed by atoms with van der Waals surface area (Å²) in [7, 11) is 0. The summed E-state index contributed by atoms with van der Waals surface area (Å²) < 4.78 is 5.43. The minimum absolute atomic E-state index is 0.114. The molecular formula is C28H34N4O3. The molecule has 2 aromatic carbocycles. The van der Waals surface area contributed by atoms with Crippen molar-refractivity contribution in [3.8, 4) is 11.1 Å². The van der Waals surface area contributed by atoms with Gasteiger partial charge >= 0.3 is 0 Å². The molecule has 0 radical (unpaired) electrons. The van der Waals surface area contributed by atoms with Crippen LogP contribution in [-0.4, -0.2) is 72.5 Å². The van der Waals surface area contributed by atoms with Gasteiger partial charge in [-0.15, -0.1) is 0 Å². The number of hydrogen-bond donors (Lipinski definition) is 2. The molecule has 1 aromatic heterocycles. The number of benzene rings is 2. The molecule has 7 nitrogen and oxygen atoms in total. The van der Waals surface area contributed by atoms with Crippen LogP contribution in [0.1, 0.15) is 48.3 Å². The number of carbonyl (C=O) groups is 2. The van der Waals surface area contributed by atoms with E-state index in [0.29, 0.717) is 18.8 Å². The minimum Gasteiger partial charge on any atom is -0.379 e. The van der Waals surface area contributed by atoms with E-state index >= 15 is 0 Å². The Morgan fingerprint density at radius 1 is 1.06 bits per heavy atom. The summed E-state index contributed by atoms with van der Waals surface area (Å²) in [6.45, 7) is 7.23. The highest BCUT2D eigenvalue weighted by molar-refractivity contribution is 6.12. The van der Waals surface area contributed by atoms with Crippen LogP contribution in [0.15, 0.2) is 48.5 Å². The molecule has 1 fully saturated rings. The molecule has 2 amide bonds. The van der Waals surface area contributed by atoms with E-state index in [0.717, 1.165) is 79.7 Å². The summed E-state index contributed by atoms with van der Waals surface area (Å²) in [6, 6.07) is 15.3. The van der Waals surface area contributed by atoms with Gasteiger partial charge in [0.25, 0.3) is 5.91 Å². The zero-order valence-corrected chi connectivity index (χ0v) is 20.4. The van der Waals surface area contributed by atoms with Gasteiger partial charge in [-0.2, -0.15) is 0 Å². The number of aromatic amines is 1. The lowest BCUT2D eigenvalue weighted by atomic mass is 9.93. The second-order valence-corrected chi connectivity index (χ2v) is 9.36. The molecule has 1 unspecified atom stereocenters. The topological polar surface area (TPSA) is 77.7 Å². The zero-order valence-electron chi connectivity index (χ0n) is 20.4. The number of hydrogen-bond acceptors (Lipinski definition) is 4. The molecule has 3 heterocycles. The van der Waals surface area contributed by atoms with Crippen LogP contribution in [0, 0.1) is 0 Å². The maximum absolute atomic E-state index is 14.0. The predicted octanol–water partition coefficient (Wildman–Crippen LogP) is 3.97. The second kappa shape index (κ2) is 10.6. The number of aromatic nitrogens is 1. The molecule has 1 atom stereocenters. The molecule has 184 valence electrons. The van der Waals surface area contributed by atoms with Gasteiger partial charge in [0.1, 0.15) is 11.7 Å². The summed E-state index contributed by atoms with van der Waals surface area (Å²) in [4.78, 5) is 35.2. The highest BCUT2D eigenvalue weighted by Crippen LogP contribution is 2.42. The van der Waals surface area contributed by atoms with Crippen LogP contribution in [0.3, 0.4) is 0 Å². The quantitative estimate of drug-likeness (QED) is 0.485. The van der Waals surface area contributed by atoms with E-state index in [-0.39, 0.29) is 11.8 Å². The summed E-state index contributed by atoms with van der Waals surface area (Å²) in [5.41, 5.74) is 4.22. The van der Waals surface area contributed by atoms with Gasteiger partial charge in [-0.25, -0.2) is 0 Å². The van der Waals surface area contributed by atoms with Crippen molar-refractivity contribution in [2.24, 2.45) is 0 Å². The fourth-order valence-electron chi connectivity index (χ4n) is 5.28. The summed E-state index contributed by atoms with van der Waals surface area (Å²) in [6.07, 6.45) is 2.92. The van der Waals surface area contributed by atoms with Crippen molar-refractivity contribution in [1.82, 2.24) is 20.1 Å². The van der Waals surface area contributed by atoms with E-state index < -0.39 is 6.04 Å². The first kappa shape index (κ1) is 23.6. The average Bonchev–Trinajstić information content (AvgIpc) is 3.24. The van der Waals surface area contributed by atoms with Gasteiger partial charge in [-0.1, -0.05) is 62.2 Å². The number of carbonyl (C=O) groups excluding carboxylic acids is 2. The van der Waals surface area contributed by atoms with Crippen LogP contribution < -0.4 is 5.32 Å². The maximum atomic E-state index is 14.0. The second-order valence-electron chi connectivity index (χ2n) is 9.36. The maximum Gasteiger partial charge on any atom is 0.271 e. The van der Waals surface area contributed by atoms with E-state index in [9.17, 15) is 9.59 Å². The number of amides is 2. The molecule has 0 spiro atoms. The van der Waals surface area contributed by atoms with Crippen molar-refractivity contribution in [1.29, 1.82) is 0 Å². The highest BCUT2D eigenvalue weighted by atomic mass is 16.5. The number of unbranched alkanes of at least 4 members (excludes halogenated alkanes) is 2. The first-order chi connectivity index (χ1) is 17.2. The van der Waals surface area contributed by atoms with E-state index in [4.69, 9.17) is 4.74 Å². The number of para-hydroxylation sites is 1. The Balaban J connectivity index is 1.51. The van der Waals surface area contributed by atoms with Crippen LogP contribution in [0.25, 0.3) is 22.0 Å². The Kier molecular flexibility index (Phi) is 7.16. The van der Waals surface area contributed by atoms with Crippen LogP contribution >= 0.6 is 0 Å².